The number of aliphatic hydroxyl groups is 1. The summed E-state index contributed by atoms with van der Waals surface area (Å²) in [4.78, 5) is 17.5. The Labute approximate surface area is 156 Å². The van der Waals surface area contributed by atoms with Gasteiger partial charge in [0.1, 0.15) is 17.2 Å². The number of rotatable bonds is 6. The summed E-state index contributed by atoms with van der Waals surface area (Å²) in [5.74, 6) is 1.68. The average Bonchev–Trinajstić information content (AvgIpc) is 2.99. The third-order valence-corrected chi connectivity index (χ3v) is 4.59. The normalized spacial score (nSPS) is 11.0. The van der Waals surface area contributed by atoms with Crippen LogP contribution in [0.15, 0.2) is 16.9 Å². The average molecular weight is 373 g/mol. The summed E-state index contributed by atoms with van der Waals surface area (Å²) in [6, 6.07) is 3.51. The molecule has 0 aliphatic carbocycles. The predicted octanol–water partition coefficient (Wildman–Crippen LogP) is 1.87. The molecule has 0 spiro atoms. The monoisotopic (exact) mass is 373 g/mol. The highest BCUT2D eigenvalue weighted by Crippen LogP contribution is 2.44. The number of methoxy groups -OCH3 is 3. The van der Waals surface area contributed by atoms with Gasteiger partial charge in [-0.2, -0.15) is 0 Å². The first-order valence-corrected chi connectivity index (χ1v) is 8.48. The van der Waals surface area contributed by atoms with Crippen LogP contribution in [0.1, 0.15) is 17.0 Å². The van der Waals surface area contributed by atoms with Crippen molar-refractivity contribution in [3.8, 4) is 28.4 Å². The molecule has 0 saturated heterocycles. The second kappa shape index (κ2) is 7.32. The Kier molecular flexibility index (Phi) is 5.09. The summed E-state index contributed by atoms with van der Waals surface area (Å²) in [5, 5.41) is 12.3. The largest absolute Gasteiger partial charge is 0.496 e. The molecule has 3 aromatic rings. The molecule has 0 radical (unpaired) electrons. The lowest BCUT2D eigenvalue weighted by molar-refractivity contribution is 0.298. The van der Waals surface area contributed by atoms with Crippen molar-refractivity contribution in [2.75, 3.05) is 27.9 Å². The Balaban J connectivity index is 2.40. The minimum atomic E-state index is -0.229. The van der Waals surface area contributed by atoms with Crippen LogP contribution in [-0.4, -0.2) is 47.6 Å². The maximum atomic E-state index is 12.8. The van der Waals surface area contributed by atoms with Crippen LogP contribution in [0.4, 0.5) is 0 Å². The molecule has 2 aromatic heterocycles. The number of nitrogens with zero attached hydrogens (tertiary/aromatic N) is 2. The van der Waals surface area contributed by atoms with Crippen molar-refractivity contribution in [2.24, 2.45) is 0 Å². The van der Waals surface area contributed by atoms with Gasteiger partial charge in [-0.15, -0.1) is 0 Å². The van der Waals surface area contributed by atoms with Crippen LogP contribution in [-0.2, 0) is 6.42 Å². The standard InChI is InChI=1S/C19H23N3O5/c1-10-13(6-7-23)19(24)22-18(20-10)16(11(2)21-22)17-14(26-4)8-12(25-3)9-15(17)27-5/h8-9,21,23H,6-7H2,1-5H3. The van der Waals surface area contributed by atoms with E-state index in [0.29, 0.717) is 45.3 Å². The fourth-order valence-electron chi connectivity index (χ4n) is 3.28. The quantitative estimate of drug-likeness (QED) is 0.684. The Bertz CT molecular complexity index is 1030. The van der Waals surface area contributed by atoms with E-state index in [-0.39, 0.29) is 18.6 Å². The lowest BCUT2D eigenvalue weighted by Gasteiger charge is -2.15. The van der Waals surface area contributed by atoms with Crippen molar-refractivity contribution < 1.29 is 19.3 Å². The number of aliphatic hydroxyl groups excluding tert-OH is 1. The molecule has 1 aromatic carbocycles. The van der Waals surface area contributed by atoms with Gasteiger partial charge >= 0.3 is 0 Å². The van der Waals surface area contributed by atoms with Crippen LogP contribution in [0.25, 0.3) is 16.8 Å². The Morgan fingerprint density at radius 1 is 1.07 bits per heavy atom. The number of H-pyrrole nitrogens is 1. The van der Waals surface area contributed by atoms with Crippen molar-refractivity contribution in [3.05, 3.63) is 39.4 Å². The first-order chi connectivity index (χ1) is 13.0. The molecular formula is C19H23N3O5. The lowest BCUT2D eigenvalue weighted by atomic mass is 10.0. The molecule has 144 valence electrons. The number of nitrogens with one attached hydrogen (secondary N) is 1. The number of aryl methyl sites for hydroxylation is 2. The van der Waals surface area contributed by atoms with E-state index >= 15 is 0 Å². The fourth-order valence-corrected chi connectivity index (χ4v) is 3.28. The number of benzene rings is 1. The second-order valence-electron chi connectivity index (χ2n) is 6.13. The summed E-state index contributed by atoms with van der Waals surface area (Å²) in [5.41, 5.74) is 3.44. The smallest absolute Gasteiger partial charge is 0.276 e. The molecule has 0 amide bonds. The zero-order valence-electron chi connectivity index (χ0n) is 16.0. The van der Waals surface area contributed by atoms with Crippen molar-refractivity contribution in [3.63, 3.8) is 0 Å². The van der Waals surface area contributed by atoms with Gasteiger partial charge in [0.15, 0.2) is 5.65 Å². The molecular weight excluding hydrogens is 350 g/mol. The van der Waals surface area contributed by atoms with Gasteiger partial charge in [-0.1, -0.05) is 0 Å². The molecule has 0 unspecified atom stereocenters. The minimum Gasteiger partial charge on any atom is -0.496 e. The molecule has 8 heteroatoms. The van der Waals surface area contributed by atoms with E-state index in [4.69, 9.17) is 14.2 Å². The van der Waals surface area contributed by atoms with Crippen LogP contribution >= 0.6 is 0 Å². The molecule has 8 nitrogen and oxygen atoms in total. The van der Waals surface area contributed by atoms with Gasteiger partial charge < -0.3 is 19.3 Å². The highest BCUT2D eigenvalue weighted by atomic mass is 16.5. The van der Waals surface area contributed by atoms with Gasteiger partial charge in [0.05, 0.1) is 32.5 Å². The lowest BCUT2D eigenvalue weighted by Crippen LogP contribution is -2.22. The Morgan fingerprint density at radius 3 is 2.22 bits per heavy atom. The zero-order valence-corrected chi connectivity index (χ0v) is 16.0. The molecule has 0 aliphatic heterocycles. The number of ether oxygens (including phenoxy) is 3. The Hall–Kier alpha value is -3.00. The van der Waals surface area contributed by atoms with Crippen molar-refractivity contribution in [1.82, 2.24) is 14.6 Å². The van der Waals surface area contributed by atoms with Crippen LogP contribution in [0.5, 0.6) is 17.2 Å². The molecule has 0 aliphatic rings. The van der Waals surface area contributed by atoms with Gasteiger partial charge in [0.2, 0.25) is 0 Å². The van der Waals surface area contributed by atoms with Crippen molar-refractivity contribution >= 4 is 5.65 Å². The molecule has 0 bridgehead atoms. The summed E-state index contributed by atoms with van der Waals surface area (Å²) in [6.07, 6.45) is 0.253. The van der Waals surface area contributed by atoms with Gasteiger partial charge in [-0.25, -0.2) is 9.50 Å². The topological polar surface area (TPSA) is 98.1 Å². The summed E-state index contributed by atoms with van der Waals surface area (Å²) >= 11 is 0. The van der Waals surface area contributed by atoms with Crippen LogP contribution in [0.3, 0.4) is 0 Å². The SMILES string of the molecule is COc1cc(OC)c(-c2c(C)[nH]n3c(=O)c(CCO)c(C)nc23)c(OC)c1. The predicted molar refractivity (Wildman–Crippen MR) is 101 cm³/mol. The molecule has 2 N–H and O–H groups in total. The van der Waals surface area contributed by atoms with Crippen LogP contribution in [0, 0.1) is 13.8 Å². The van der Waals surface area contributed by atoms with E-state index < -0.39 is 0 Å². The zero-order chi connectivity index (χ0) is 19.7. The summed E-state index contributed by atoms with van der Waals surface area (Å²) in [6.45, 7) is 3.51. The van der Waals surface area contributed by atoms with E-state index in [0.717, 1.165) is 5.69 Å². The Morgan fingerprint density at radius 2 is 1.70 bits per heavy atom. The van der Waals surface area contributed by atoms with Gasteiger partial charge in [-0.05, 0) is 13.8 Å². The minimum absolute atomic E-state index is 0.115. The first kappa shape index (κ1) is 18.8. The van der Waals surface area contributed by atoms with Gasteiger partial charge in [-0.3, -0.25) is 9.89 Å². The maximum Gasteiger partial charge on any atom is 0.276 e. The van der Waals surface area contributed by atoms with Crippen molar-refractivity contribution in [1.29, 1.82) is 0 Å². The maximum absolute atomic E-state index is 12.8. The van der Waals surface area contributed by atoms with Crippen molar-refractivity contribution in [2.45, 2.75) is 20.3 Å². The third-order valence-electron chi connectivity index (χ3n) is 4.59. The van der Waals surface area contributed by atoms with Gasteiger partial charge in [0.25, 0.3) is 5.56 Å². The molecule has 0 atom stereocenters. The number of fused-ring (bicyclic) bond motifs is 1. The number of aromatic nitrogens is 3. The number of aromatic amines is 1. The number of hydrogen-bond donors (Lipinski definition) is 2. The van der Waals surface area contributed by atoms with E-state index in [1.807, 2.05) is 6.92 Å². The van der Waals surface area contributed by atoms with E-state index in [2.05, 4.69) is 10.1 Å². The molecule has 27 heavy (non-hydrogen) atoms. The van der Waals surface area contributed by atoms with Gasteiger partial charge in [0, 0.05) is 42.1 Å². The van der Waals surface area contributed by atoms with E-state index in [9.17, 15) is 9.90 Å². The molecule has 2 heterocycles. The molecule has 0 fully saturated rings. The summed E-state index contributed by atoms with van der Waals surface area (Å²) < 4.78 is 17.8. The highest BCUT2D eigenvalue weighted by Gasteiger charge is 2.24. The fraction of sp³-hybridized carbons (Fsp3) is 0.368. The van der Waals surface area contributed by atoms with E-state index in [1.165, 1.54) is 4.52 Å². The van der Waals surface area contributed by atoms with Crippen LogP contribution < -0.4 is 19.8 Å². The van der Waals surface area contributed by atoms with E-state index in [1.54, 1.807) is 40.4 Å². The third kappa shape index (κ3) is 3.02. The second-order valence-corrected chi connectivity index (χ2v) is 6.13. The number of hydrogen-bond acceptors (Lipinski definition) is 6. The first-order valence-electron chi connectivity index (χ1n) is 8.48. The highest BCUT2D eigenvalue weighted by molar-refractivity contribution is 5.88. The molecule has 3 rings (SSSR count). The summed E-state index contributed by atoms with van der Waals surface area (Å²) in [7, 11) is 4.69. The molecule has 0 saturated carbocycles. The van der Waals surface area contributed by atoms with Crippen LogP contribution in [0.2, 0.25) is 0 Å².